The quantitative estimate of drug-likeness (QED) is 0.242. The maximum absolute atomic E-state index is 15.3. The average Bonchev–Trinajstić information content (AvgIpc) is 2.88. The van der Waals surface area contributed by atoms with Crippen LogP contribution in [0.3, 0.4) is 0 Å². The van der Waals surface area contributed by atoms with E-state index >= 15 is 4.39 Å². The van der Waals surface area contributed by atoms with Gasteiger partial charge in [-0.05, 0) is 47.5 Å². The second kappa shape index (κ2) is 11.4. The van der Waals surface area contributed by atoms with Crippen LogP contribution >= 0.6 is 23.2 Å². The third kappa shape index (κ3) is 5.78. The van der Waals surface area contributed by atoms with Gasteiger partial charge in [-0.15, -0.1) is 0 Å². The van der Waals surface area contributed by atoms with E-state index in [4.69, 9.17) is 32.7 Å². The zero-order valence-corrected chi connectivity index (χ0v) is 20.9. The van der Waals surface area contributed by atoms with E-state index in [1.807, 2.05) is 6.07 Å². The second-order valence-electron chi connectivity index (χ2n) is 7.75. The summed E-state index contributed by atoms with van der Waals surface area (Å²) < 4.78 is 40.1. The molecule has 0 aliphatic carbocycles. The molecule has 0 saturated carbocycles. The molecule has 0 bridgehead atoms. The lowest BCUT2D eigenvalue weighted by Gasteiger charge is -2.14. The van der Waals surface area contributed by atoms with Crippen LogP contribution in [0, 0.1) is 11.6 Å². The van der Waals surface area contributed by atoms with Crippen LogP contribution in [0.15, 0.2) is 61.1 Å². The molecule has 0 saturated heterocycles. The summed E-state index contributed by atoms with van der Waals surface area (Å²) in [5.74, 6) is 0.309. The number of hydrogen-bond donors (Lipinski definition) is 2. The Bertz CT molecular complexity index is 1390. The summed E-state index contributed by atoms with van der Waals surface area (Å²) in [7, 11) is 3.13. The predicted octanol–water partition coefficient (Wildman–Crippen LogP) is 7.03. The number of hydrogen-bond acceptors (Lipinski definition) is 6. The molecule has 2 N–H and O–H groups in total. The van der Waals surface area contributed by atoms with E-state index < -0.39 is 11.6 Å². The number of methoxy groups -OCH3 is 2. The van der Waals surface area contributed by atoms with Crippen molar-refractivity contribution in [2.45, 2.75) is 13.0 Å². The molecule has 0 spiro atoms. The van der Waals surface area contributed by atoms with Crippen LogP contribution in [-0.4, -0.2) is 24.2 Å². The van der Waals surface area contributed by atoms with Gasteiger partial charge < -0.3 is 20.1 Å². The predicted molar refractivity (Wildman–Crippen MR) is 138 cm³/mol. The number of aromatic nitrogens is 2. The zero-order chi connectivity index (χ0) is 25.7. The van der Waals surface area contributed by atoms with Crippen LogP contribution in [0.5, 0.6) is 11.5 Å². The Morgan fingerprint density at radius 2 is 1.72 bits per heavy atom. The molecule has 36 heavy (non-hydrogen) atoms. The van der Waals surface area contributed by atoms with Gasteiger partial charge in [0, 0.05) is 42.0 Å². The molecule has 0 unspecified atom stereocenters. The first-order chi connectivity index (χ1) is 17.4. The molecule has 0 fully saturated rings. The molecule has 6 nitrogen and oxygen atoms in total. The molecular weight excluding hydrogens is 509 g/mol. The van der Waals surface area contributed by atoms with E-state index in [2.05, 4.69) is 20.6 Å². The molecular formula is C26H22Cl2F2N4O2. The first kappa shape index (κ1) is 25.5. The molecule has 0 aliphatic heterocycles. The first-order valence-corrected chi connectivity index (χ1v) is 11.6. The third-order valence-corrected chi connectivity index (χ3v) is 6.12. The number of nitrogens with zero attached hydrogens (tertiary/aromatic N) is 2. The maximum Gasteiger partial charge on any atom is 0.168 e. The Labute approximate surface area is 217 Å². The van der Waals surface area contributed by atoms with Crippen molar-refractivity contribution in [3.63, 3.8) is 0 Å². The maximum atomic E-state index is 15.3. The van der Waals surface area contributed by atoms with Crippen LogP contribution in [0.1, 0.15) is 16.7 Å². The van der Waals surface area contributed by atoms with E-state index in [9.17, 15) is 4.39 Å². The molecule has 0 aliphatic rings. The van der Waals surface area contributed by atoms with Crippen molar-refractivity contribution in [2.24, 2.45) is 0 Å². The molecule has 186 valence electrons. The number of ether oxygens (including phenoxy) is 2. The van der Waals surface area contributed by atoms with Crippen LogP contribution in [0.25, 0.3) is 0 Å². The molecule has 0 atom stereocenters. The highest BCUT2D eigenvalue weighted by Gasteiger charge is 2.15. The molecule has 2 heterocycles. The number of benzene rings is 2. The fraction of sp³-hybridized carbons (Fsp3) is 0.154. The van der Waals surface area contributed by atoms with Gasteiger partial charge in [0.05, 0.1) is 36.8 Å². The highest BCUT2D eigenvalue weighted by atomic mass is 35.5. The number of nitrogens with one attached hydrogen (secondary N) is 2. The highest BCUT2D eigenvalue weighted by molar-refractivity contribution is 6.34. The van der Waals surface area contributed by atoms with Crippen molar-refractivity contribution in [3.8, 4) is 11.5 Å². The van der Waals surface area contributed by atoms with E-state index in [1.54, 1.807) is 44.7 Å². The van der Waals surface area contributed by atoms with Gasteiger partial charge >= 0.3 is 0 Å². The van der Waals surface area contributed by atoms with Crippen molar-refractivity contribution in [3.05, 3.63) is 99.4 Å². The number of pyridine rings is 2. The third-order valence-electron chi connectivity index (χ3n) is 5.44. The average molecular weight is 531 g/mol. The Morgan fingerprint density at radius 1 is 0.889 bits per heavy atom. The summed E-state index contributed by atoms with van der Waals surface area (Å²) in [5, 5.41) is 6.50. The second-order valence-corrected chi connectivity index (χ2v) is 8.56. The molecule has 2 aromatic carbocycles. The standard InChI is InChI=1S/C26H22Cl2F2N4O2/c1-35-19-5-3-16(23(11-19)36-2)13-33-26-25(30)15(7-8-32-26)9-17-12-31-14-22(24(17)28)34-21-6-4-18(27)10-20(21)29/h3-8,10-12,14,34H,9,13H2,1-2H3,(H,32,33). The molecule has 0 radical (unpaired) electrons. The minimum absolute atomic E-state index is 0.0898. The fourth-order valence-electron chi connectivity index (χ4n) is 3.56. The molecule has 2 aromatic heterocycles. The summed E-state index contributed by atoms with van der Waals surface area (Å²) in [6, 6.07) is 11.2. The Kier molecular flexibility index (Phi) is 8.07. The normalized spacial score (nSPS) is 10.7. The van der Waals surface area contributed by atoms with Crippen LogP contribution in [0.4, 0.5) is 26.0 Å². The van der Waals surface area contributed by atoms with Gasteiger partial charge in [-0.2, -0.15) is 0 Å². The van der Waals surface area contributed by atoms with Crippen molar-refractivity contribution in [1.29, 1.82) is 0 Å². The minimum atomic E-state index is -0.534. The van der Waals surface area contributed by atoms with Crippen LogP contribution in [0.2, 0.25) is 10.0 Å². The summed E-state index contributed by atoms with van der Waals surface area (Å²) in [5.41, 5.74) is 2.31. The summed E-state index contributed by atoms with van der Waals surface area (Å²) in [4.78, 5) is 8.31. The summed E-state index contributed by atoms with van der Waals surface area (Å²) in [6.07, 6.45) is 4.68. The number of anilines is 3. The molecule has 10 heteroatoms. The van der Waals surface area contributed by atoms with Crippen LogP contribution in [-0.2, 0) is 13.0 Å². The SMILES string of the molecule is COc1ccc(CNc2nccc(Cc3cncc(Nc4ccc(Cl)cc4F)c3Cl)c2F)c(OC)c1. The highest BCUT2D eigenvalue weighted by Crippen LogP contribution is 2.32. The van der Waals surface area contributed by atoms with Gasteiger partial charge in [0.1, 0.15) is 17.3 Å². The van der Waals surface area contributed by atoms with Gasteiger partial charge in [-0.25, -0.2) is 13.8 Å². The minimum Gasteiger partial charge on any atom is -0.497 e. The van der Waals surface area contributed by atoms with Crippen LogP contribution < -0.4 is 20.1 Å². The Morgan fingerprint density at radius 3 is 2.47 bits per heavy atom. The van der Waals surface area contributed by atoms with E-state index in [-0.39, 0.29) is 29.5 Å². The summed E-state index contributed by atoms with van der Waals surface area (Å²) >= 11 is 12.4. The fourth-order valence-corrected chi connectivity index (χ4v) is 3.93. The summed E-state index contributed by atoms with van der Waals surface area (Å²) in [6.45, 7) is 0.287. The number of rotatable bonds is 9. The topological polar surface area (TPSA) is 68.3 Å². The van der Waals surface area contributed by atoms with Crippen molar-refractivity contribution >= 4 is 40.4 Å². The van der Waals surface area contributed by atoms with Gasteiger partial charge in [0.15, 0.2) is 11.6 Å². The van der Waals surface area contributed by atoms with Gasteiger partial charge in [-0.1, -0.05) is 23.2 Å². The zero-order valence-electron chi connectivity index (χ0n) is 19.4. The lowest BCUT2D eigenvalue weighted by molar-refractivity contribution is 0.391. The monoisotopic (exact) mass is 530 g/mol. The molecule has 0 amide bonds. The Hall–Kier alpha value is -3.62. The smallest absolute Gasteiger partial charge is 0.168 e. The Balaban J connectivity index is 1.52. The van der Waals surface area contributed by atoms with E-state index in [1.165, 1.54) is 24.5 Å². The molecule has 4 rings (SSSR count). The van der Waals surface area contributed by atoms with E-state index in [0.717, 1.165) is 5.56 Å². The lowest BCUT2D eigenvalue weighted by Crippen LogP contribution is -2.07. The lowest BCUT2D eigenvalue weighted by atomic mass is 10.1. The van der Waals surface area contributed by atoms with Gasteiger partial charge in [-0.3, -0.25) is 4.98 Å². The largest absolute Gasteiger partial charge is 0.497 e. The molecule has 4 aromatic rings. The first-order valence-electron chi connectivity index (χ1n) is 10.8. The van der Waals surface area contributed by atoms with Gasteiger partial charge in [0.2, 0.25) is 0 Å². The van der Waals surface area contributed by atoms with Gasteiger partial charge in [0.25, 0.3) is 0 Å². The van der Waals surface area contributed by atoms with E-state index in [0.29, 0.717) is 33.3 Å². The van der Waals surface area contributed by atoms with Crippen molar-refractivity contribution in [2.75, 3.05) is 24.9 Å². The van der Waals surface area contributed by atoms with Crippen molar-refractivity contribution < 1.29 is 18.3 Å². The van der Waals surface area contributed by atoms with Crippen molar-refractivity contribution in [1.82, 2.24) is 9.97 Å². The number of halogens is 4.